The summed E-state index contributed by atoms with van der Waals surface area (Å²) in [5.74, 6) is 1.17. The maximum absolute atomic E-state index is 13.3. The lowest BCUT2D eigenvalue weighted by Crippen LogP contribution is -2.38. The van der Waals surface area contributed by atoms with Crippen LogP contribution in [0.4, 0.5) is 0 Å². The van der Waals surface area contributed by atoms with Crippen molar-refractivity contribution < 1.29 is 19.0 Å². The number of hydrogen-bond acceptors (Lipinski definition) is 6. The second-order valence-corrected chi connectivity index (χ2v) is 8.75. The molecule has 0 bridgehead atoms. The number of aromatic nitrogens is 2. The highest BCUT2D eigenvalue weighted by atomic mass is 16.5. The second kappa shape index (κ2) is 11.4. The highest BCUT2D eigenvalue weighted by Gasteiger charge is 2.21. The molecule has 1 saturated heterocycles. The number of benzene rings is 2. The van der Waals surface area contributed by atoms with E-state index in [9.17, 15) is 4.79 Å². The summed E-state index contributed by atoms with van der Waals surface area (Å²) < 4.78 is 18.1. The third-order valence-corrected chi connectivity index (χ3v) is 6.26. The molecule has 4 rings (SSSR count). The van der Waals surface area contributed by atoms with E-state index in [1.54, 1.807) is 18.9 Å². The van der Waals surface area contributed by atoms with Gasteiger partial charge in [0.2, 0.25) is 0 Å². The van der Waals surface area contributed by atoms with Crippen molar-refractivity contribution in [2.75, 3.05) is 53.6 Å². The molecule has 1 aromatic heterocycles. The number of aryl methyl sites for hydroxylation is 2. The van der Waals surface area contributed by atoms with Crippen LogP contribution in [0, 0.1) is 13.8 Å². The average molecular weight is 479 g/mol. The van der Waals surface area contributed by atoms with Crippen LogP contribution < -0.4 is 14.8 Å². The molecular weight excluding hydrogens is 444 g/mol. The molecule has 0 saturated carbocycles. The molecule has 2 heterocycles. The first-order valence-corrected chi connectivity index (χ1v) is 12.0. The summed E-state index contributed by atoms with van der Waals surface area (Å²) in [6.07, 6.45) is 0.877. The highest BCUT2D eigenvalue weighted by molar-refractivity contribution is 5.94. The molecule has 2 aromatic carbocycles. The number of morpholine rings is 1. The Kier molecular flexibility index (Phi) is 8.05. The Morgan fingerprint density at radius 1 is 1.06 bits per heavy atom. The van der Waals surface area contributed by atoms with Gasteiger partial charge in [0.05, 0.1) is 38.8 Å². The number of nitrogens with one attached hydrogen (secondary N) is 1. The summed E-state index contributed by atoms with van der Waals surface area (Å²) in [6, 6.07) is 13.6. The molecule has 1 amide bonds. The van der Waals surface area contributed by atoms with Crippen LogP contribution in [0.5, 0.6) is 11.5 Å². The molecule has 0 aliphatic carbocycles. The van der Waals surface area contributed by atoms with Gasteiger partial charge in [-0.2, -0.15) is 5.10 Å². The van der Waals surface area contributed by atoms with Crippen molar-refractivity contribution in [2.24, 2.45) is 0 Å². The van der Waals surface area contributed by atoms with Gasteiger partial charge in [-0.25, -0.2) is 4.68 Å². The van der Waals surface area contributed by atoms with E-state index in [-0.39, 0.29) is 5.91 Å². The van der Waals surface area contributed by atoms with Crippen LogP contribution in [0.25, 0.3) is 16.9 Å². The standard InChI is InChI=1S/C27H34N4O4/c1-19-6-7-20(2)24(16-19)31-25(27(32)28-10-5-11-30-12-14-35-15-13-30)18-23(29-31)22-9-8-21(33-3)17-26(22)34-4/h6-9,16-18H,5,10-15H2,1-4H3,(H,28,32). The molecule has 8 heteroatoms. The quantitative estimate of drug-likeness (QED) is 0.474. The van der Waals surface area contributed by atoms with Gasteiger partial charge in [0.25, 0.3) is 5.91 Å². The van der Waals surface area contributed by atoms with Crippen LogP contribution in [0.15, 0.2) is 42.5 Å². The normalized spacial score (nSPS) is 14.1. The lowest BCUT2D eigenvalue weighted by Gasteiger charge is -2.26. The van der Waals surface area contributed by atoms with E-state index in [1.165, 1.54) is 0 Å². The summed E-state index contributed by atoms with van der Waals surface area (Å²) >= 11 is 0. The van der Waals surface area contributed by atoms with Crippen molar-refractivity contribution in [1.29, 1.82) is 0 Å². The van der Waals surface area contributed by atoms with Gasteiger partial charge in [-0.3, -0.25) is 9.69 Å². The fourth-order valence-electron chi connectivity index (χ4n) is 4.24. The van der Waals surface area contributed by atoms with E-state index in [4.69, 9.17) is 19.3 Å². The molecule has 1 aliphatic rings. The van der Waals surface area contributed by atoms with E-state index in [2.05, 4.69) is 16.3 Å². The first-order valence-electron chi connectivity index (χ1n) is 12.0. The van der Waals surface area contributed by atoms with Crippen molar-refractivity contribution in [2.45, 2.75) is 20.3 Å². The van der Waals surface area contributed by atoms with E-state index < -0.39 is 0 Å². The molecule has 0 unspecified atom stereocenters. The molecule has 3 aromatic rings. The first-order chi connectivity index (χ1) is 17.0. The Morgan fingerprint density at radius 3 is 2.60 bits per heavy atom. The molecule has 0 atom stereocenters. The van der Waals surface area contributed by atoms with Crippen molar-refractivity contribution in [1.82, 2.24) is 20.0 Å². The molecular formula is C27H34N4O4. The zero-order valence-corrected chi connectivity index (χ0v) is 21.0. The molecule has 0 spiro atoms. The number of hydrogen-bond donors (Lipinski definition) is 1. The van der Waals surface area contributed by atoms with Crippen LogP contribution >= 0.6 is 0 Å². The maximum atomic E-state index is 13.3. The third-order valence-electron chi connectivity index (χ3n) is 6.26. The smallest absolute Gasteiger partial charge is 0.270 e. The number of methoxy groups -OCH3 is 2. The number of carbonyl (C=O) groups is 1. The highest BCUT2D eigenvalue weighted by Crippen LogP contribution is 2.34. The SMILES string of the molecule is COc1ccc(-c2cc(C(=O)NCCCN3CCOCC3)n(-c3cc(C)ccc3C)n2)c(OC)c1. The summed E-state index contributed by atoms with van der Waals surface area (Å²) in [7, 11) is 3.23. The minimum Gasteiger partial charge on any atom is -0.497 e. The Hall–Kier alpha value is -3.36. The molecule has 8 nitrogen and oxygen atoms in total. The van der Waals surface area contributed by atoms with Gasteiger partial charge < -0.3 is 19.5 Å². The topological polar surface area (TPSA) is 77.9 Å². The van der Waals surface area contributed by atoms with Crippen LogP contribution in [0.2, 0.25) is 0 Å². The average Bonchev–Trinajstić information content (AvgIpc) is 3.33. The van der Waals surface area contributed by atoms with Crippen LogP contribution in [0.1, 0.15) is 28.0 Å². The minimum absolute atomic E-state index is 0.154. The Morgan fingerprint density at radius 2 is 1.86 bits per heavy atom. The fourth-order valence-corrected chi connectivity index (χ4v) is 4.24. The van der Waals surface area contributed by atoms with Crippen LogP contribution in [-0.2, 0) is 4.74 Å². The number of rotatable bonds is 9. The molecule has 186 valence electrons. The van der Waals surface area contributed by atoms with Crippen molar-refractivity contribution in [3.8, 4) is 28.4 Å². The molecule has 1 fully saturated rings. The third kappa shape index (κ3) is 5.83. The van der Waals surface area contributed by atoms with Gasteiger partial charge in [0, 0.05) is 31.3 Å². The molecule has 0 radical (unpaired) electrons. The predicted octanol–water partition coefficient (Wildman–Crippen LogP) is 3.63. The summed E-state index contributed by atoms with van der Waals surface area (Å²) in [6.45, 7) is 9.03. The number of ether oxygens (including phenoxy) is 3. The van der Waals surface area contributed by atoms with Crippen molar-refractivity contribution in [3.63, 3.8) is 0 Å². The lowest BCUT2D eigenvalue weighted by molar-refractivity contribution is 0.0374. The summed E-state index contributed by atoms with van der Waals surface area (Å²) in [4.78, 5) is 15.7. The van der Waals surface area contributed by atoms with Crippen molar-refractivity contribution >= 4 is 5.91 Å². The van der Waals surface area contributed by atoms with Gasteiger partial charge >= 0.3 is 0 Å². The van der Waals surface area contributed by atoms with Gasteiger partial charge in [-0.1, -0.05) is 12.1 Å². The zero-order valence-electron chi connectivity index (χ0n) is 21.0. The summed E-state index contributed by atoms with van der Waals surface area (Å²) in [5, 5.41) is 7.94. The van der Waals surface area contributed by atoms with Gasteiger partial charge in [0.15, 0.2) is 0 Å². The molecule has 1 aliphatic heterocycles. The second-order valence-electron chi connectivity index (χ2n) is 8.75. The Balaban J connectivity index is 1.61. The molecule has 35 heavy (non-hydrogen) atoms. The van der Waals surface area contributed by atoms with E-state index >= 15 is 0 Å². The van der Waals surface area contributed by atoms with E-state index in [0.29, 0.717) is 29.4 Å². The fraction of sp³-hybridized carbons (Fsp3) is 0.407. The predicted molar refractivity (Wildman–Crippen MR) is 136 cm³/mol. The zero-order chi connectivity index (χ0) is 24.8. The monoisotopic (exact) mass is 478 g/mol. The molecule has 1 N–H and O–H groups in total. The van der Waals surface area contributed by atoms with E-state index in [1.807, 2.05) is 50.2 Å². The maximum Gasteiger partial charge on any atom is 0.270 e. The van der Waals surface area contributed by atoms with E-state index in [0.717, 1.165) is 61.6 Å². The van der Waals surface area contributed by atoms with Gasteiger partial charge in [0.1, 0.15) is 17.2 Å². The van der Waals surface area contributed by atoms with Crippen molar-refractivity contribution in [3.05, 3.63) is 59.3 Å². The first kappa shape index (κ1) is 24.8. The Labute approximate surface area is 206 Å². The number of nitrogens with zero attached hydrogens (tertiary/aromatic N) is 3. The Bertz CT molecular complexity index is 1170. The largest absolute Gasteiger partial charge is 0.497 e. The van der Waals surface area contributed by atoms with Gasteiger partial charge in [-0.05, 0) is 62.2 Å². The minimum atomic E-state index is -0.154. The van der Waals surface area contributed by atoms with Gasteiger partial charge in [-0.15, -0.1) is 0 Å². The number of carbonyl (C=O) groups excluding carboxylic acids is 1. The summed E-state index contributed by atoms with van der Waals surface area (Å²) in [5.41, 5.74) is 4.94. The number of amides is 1. The van der Waals surface area contributed by atoms with Crippen LogP contribution in [-0.4, -0.2) is 74.2 Å². The lowest BCUT2D eigenvalue weighted by atomic mass is 10.1. The van der Waals surface area contributed by atoms with Crippen LogP contribution in [0.3, 0.4) is 0 Å².